The summed E-state index contributed by atoms with van der Waals surface area (Å²) in [5.74, 6) is 0.785. The molecule has 0 bridgehead atoms. The molecule has 3 N–H and O–H groups in total. The van der Waals surface area contributed by atoms with Gasteiger partial charge in [0.2, 0.25) is 11.8 Å². The van der Waals surface area contributed by atoms with E-state index in [2.05, 4.69) is 15.5 Å². The van der Waals surface area contributed by atoms with Crippen LogP contribution in [0.5, 0.6) is 0 Å². The Kier molecular flexibility index (Phi) is 3.57. The summed E-state index contributed by atoms with van der Waals surface area (Å²) in [5, 5.41) is 6.91. The first-order chi connectivity index (χ1) is 8.69. The minimum Gasteiger partial charge on any atom is -0.376 e. The van der Waals surface area contributed by atoms with Crippen LogP contribution >= 0.6 is 0 Å². The highest BCUT2D eigenvalue weighted by Crippen LogP contribution is 2.10. The van der Waals surface area contributed by atoms with Crippen molar-refractivity contribution in [3.8, 4) is 0 Å². The van der Waals surface area contributed by atoms with Gasteiger partial charge in [0.25, 0.3) is 0 Å². The van der Waals surface area contributed by atoms with Gasteiger partial charge in [0.05, 0.1) is 6.54 Å². The number of hydrogen-bond acceptors (Lipinski definition) is 5. The van der Waals surface area contributed by atoms with Crippen LogP contribution in [0.2, 0.25) is 0 Å². The van der Waals surface area contributed by atoms with Gasteiger partial charge < -0.3 is 15.6 Å². The Morgan fingerprint density at radius 2 is 2.11 bits per heavy atom. The van der Waals surface area contributed by atoms with E-state index in [4.69, 9.17) is 10.3 Å². The standard InChI is InChI=1S/C12H14N4O2/c1-2-10-15-11(18-16-10)7-14-9-5-3-8(4-6-9)12(13)17/h3-6,14H,2,7H2,1H3,(H2,13,17). The lowest BCUT2D eigenvalue weighted by Crippen LogP contribution is -2.10. The first-order valence-corrected chi connectivity index (χ1v) is 5.64. The van der Waals surface area contributed by atoms with Crippen LogP contribution in [0.25, 0.3) is 0 Å². The Bertz CT molecular complexity index is 533. The Hall–Kier alpha value is -2.37. The van der Waals surface area contributed by atoms with Gasteiger partial charge in [-0.05, 0) is 24.3 Å². The number of rotatable bonds is 5. The Morgan fingerprint density at radius 3 is 2.67 bits per heavy atom. The smallest absolute Gasteiger partial charge is 0.248 e. The van der Waals surface area contributed by atoms with Crippen LogP contribution in [0.4, 0.5) is 5.69 Å². The van der Waals surface area contributed by atoms with Crippen molar-refractivity contribution in [3.05, 3.63) is 41.5 Å². The van der Waals surface area contributed by atoms with Gasteiger partial charge in [0, 0.05) is 17.7 Å². The van der Waals surface area contributed by atoms with Gasteiger partial charge in [-0.1, -0.05) is 12.1 Å². The first-order valence-electron chi connectivity index (χ1n) is 5.64. The Morgan fingerprint density at radius 1 is 1.39 bits per heavy atom. The van der Waals surface area contributed by atoms with Gasteiger partial charge in [-0.3, -0.25) is 4.79 Å². The molecule has 2 aromatic rings. The molecule has 6 heteroatoms. The van der Waals surface area contributed by atoms with Crippen molar-refractivity contribution in [1.82, 2.24) is 10.1 Å². The molecule has 0 unspecified atom stereocenters. The van der Waals surface area contributed by atoms with Gasteiger partial charge in [0.15, 0.2) is 5.82 Å². The maximum Gasteiger partial charge on any atom is 0.248 e. The first kappa shape index (κ1) is 12.1. The highest BCUT2D eigenvalue weighted by Gasteiger charge is 2.04. The lowest BCUT2D eigenvalue weighted by Gasteiger charge is -2.03. The zero-order chi connectivity index (χ0) is 13.0. The molecule has 1 aromatic heterocycles. The quantitative estimate of drug-likeness (QED) is 0.830. The lowest BCUT2D eigenvalue weighted by atomic mass is 10.2. The number of amides is 1. The zero-order valence-corrected chi connectivity index (χ0v) is 10.0. The Labute approximate surface area is 104 Å². The molecule has 0 radical (unpaired) electrons. The second-order valence-electron chi connectivity index (χ2n) is 3.75. The number of carbonyl (C=O) groups is 1. The van der Waals surface area contributed by atoms with Crippen molar-refractivity contribution >= 4 is 11.6 Å². The molecular formula is C12H14N4O2. The number of hydrogen-bond donors (Lipinski definition) is 2. The molecule has 0 saturated carbocycles. The van der Waals surface area contributed by atoms with Crippen molar-refractivity contribution in [2.24, 2.45) is 5.73 Å². The average Bonchev–Trinajstić information content (AvgIpc) is 2.85. The molecular weight excluding hydrogens is 232 g/mol. The normalized spacial score (nSPS) is 10.3. The van der Waals surface area contributed by atoms with Gasteiger partial charge in [-0.2, -0.15) is 4.98 Å². The number of nitrogens with two attached hydrogens (primary N) is 1. The SMILES string of the molecule is CCc1noc(CNc2ccc(C(N)=O)cc2)n1. The van der Waals surface area contributed by atoms with Crippen molar-refractivity contribution in [2.45, 2.75) is 19.9 Å². The number of aromatic nitrogens is 2. The van der Waals surface area contributed by atoms with E-state index in [9.17, 15) is 4.79 Å². The number of primary amides is 1. The van der Waals surface area contributed by atoms with Crippen LogP contribution in [-0.2, 0) is 13.0 Å². The van der Waals surface area contributed by atoms with E-state index >= 15 is 0 Å². The number of nitrogens with one attached hydrogen (secondary N) is 1. The van der Waals surface area contributed by atoms with Crippen LogP contribution < -0.4 is 11.1 Å². The van der Waals surface area contributed by atoms with Crippen LogP contribution in [0.15, 0.2) is 28.8 Å². The maximum absolute atomic E-state index is 10.9. The molecule has 0 saturated heterocycles. The van der Waals surface area contributed by atoms with Crippen LogP contribution in [-0.4, -0.2) is 16.0 Å². The van der Waals surface area contributed by atoms with E-state index in [1.165, 1.54) is 0 Å². The molecule has 1 aromatic carbocycles. The highest BCUT2D eigenvalue weighted by molar-refractivity contribution is 5.93. The molecule has 94 valence electrons. The maximum atomic E-state index is 10.9. The van der Waals surface area contributed by atoms with Crippen LogP contribution in [0, 0.1) is 0 Å². The topological polar surface area (TPSA) is 94.0 Å². The number of aryl methyl sites for hydroxylation is 1. The molecule has 2 rings (SSSR count). The molecule has 0 aliphatic heterocycles. The van der Waals surface area contributed by atoms with Crippen molar-refractivity contribution in [1.29, 1.82) is 0 Å². The third-order valence-corrected chi connectivity index (χ3v) is 2.44. The molecule has 1 amide bonds. The van der Waals surface area contributed by atoms with E-state index < -0.39 is 5.91 Å². The predicted molar refractivity (Wildman–Crippen MR) is 66.0 cm³/mol. The molecule has 0 spiro atoms. The second-order valence-corrected chi connectivity index (χ2v) is 3.75. The molecule has 0 fully saturated rings. The van der Waals surface area contributed by atoms with Crippen LogP contribution in [0.1, 0.15) is 29.0 Å². The average molecular weight is 246 g/mol. The summed E-state index contributed by atoms with van der Waals surface area (Å²) in [6.07, 6.45) is 0.747. The van der Waals surface area contributed by atoms with Gasteiger partial charge >= 0.3 is 0 Å². The van der Waals surface area contributed by atoms with E-state index in [0.29, 0.717) is 23.8 Å². The third kappa shape index (κ3) is 2.85. The van der Waals surface area contributed by atoms with Crippen molar-refractivity contribution in [3.63, 3.8) is 0 Å². The molecule has 6 nitrogen and oxygen atoms in total. The van der Waals surface area contributed by atoms with Gasteiger partial charge in [0.1, 0.15) is 0 Å². The van der Waals surface area contributed by atoms with Crippen LogP contribution in [0.3, 0.4) is 0 Å². The minimum absolute atomic E-state index is 0.439. The summed E-state index contributed by atoms with van der Waals surface area (Å²) >= 11 is 0. The summed E-state index contributed by atoms with van der Waals surface area (Å²) in [7, 11) is 0. The predicted octanol–water partition coefficient (Wildman–Crippen LogP) is 1.34. The highest BCUT2D eigenvalue weighted by atomic mass is 16.5. The molecule has 0 aliphatic rings. The monoisotopic (exact) mass is 246 g/mol. The summed E-state index contributed by atoms with van der Waals surface area (Å²) in [6, 6.07) is 6.88. The van der Waals surface area contributed by atoms with E-state index in [1.54, 1.807) is 24.3 Å². The minimum atomic E-state index is -0.439. The summed E-state index contributed by atoms with van der Waals surface area (Å²) < 4.78 is 5.04. The molecule has 0 aliphatic carbocycles. The van der Waals surface area contributed by atoms with Gasteiger partial charge in [-0.15, -0.1) is 0 Å². The molecule has 1 heterocycles. The summed E-state index contributed by atoms with van der Waals surface area (Å²) in [4.78, 5) is 15.1. The second kappa shape index (κ2) is 5.31. The van der Waals surface area contributed by atoms with Crippen molar-refractivity contribution < 1.29 is 9.32 Å². The van der Waals surface area contributed by atoms with E-state index in [-0.39, 0.29) is 0 Å². The van der Waals surface area contributed by atoms with E-state index in [0.717, 1.165) is 12.1 Å². The lowest BCUT2D eigenvalue weighted by molar-refractivity contribution is 0.100. The third-order valence-electron chi connectivity index (χ3n) is 2.44. The molecule has 18 heavy (non-hydrogen) atoms. The zero-order valence-electron chi connectivity index (χ0n) is 10.0. The largest absolute Gasteiger partial charge is 0.376 e. The fourth-order valence-corrected chi connectivity index (χ4v) is 1.44. The number of anilines is 1. The van der Waals surface area contributed by atoms with E-state index in [1.807, 2.05) is 6.92 Å². The van der Waals surface area contributed by atoms with Gasteiger partial charge in [-0.25, -0.2) is 0 Å². The fourth-order valence-electron chi connectivity index (χ4n) is 1.44. The van der Waals surface area contributed by atoms with Crippen molar-refractivity contribution in [2.75, 3.05) is 5.32 Å². The summed E-state index contributed by atoms with van der Waals surface area (Å²) in [5.41, 5.74) is 6.49. The Balaban J connectivity index is 1.95. The number of benzene rings is 1. The molecule has 0 atom stereocenters. The summed E-state index contributed by atoms with van der Waals surface area (Å²) in [6.45, 7) is 2.41. The number of nitrogens with zero attached hydrogens (tertiary/aromatic N) is 2. The number of carbonyl (C=O) groups excluding carboxylic acids is 1. The fraction of sp³-hybridized carbons (Fsp3) is 0.250.